The Morgan fingerprint density at radius 2 is 1.60 bits per heavy atom. The SMILES string of the molecule is CC(C)[C@H]1CC[C@@](C)(O)[C@@H]2C(=O)C[C@@](C)(O)[C@H]3CC[C@@](C)(O)[C@H](O3)[C@H]12. The summed E-state index contributed by atoms with van der Waals surface area (Å²) in [6.45, 7) is 9.41. The number of Topliss-reactive ketones (excluding diaryl/α,β-unsaturated/α-hetero) is 1. The lowest BCUT2D eigenvalue weighted by Crippen LogP contribution is -2.66. The Morgan fingerprint density at radius 1 is 1.00 bits per heavy atom. The van der Waals surface area contributed by atoms with Gasteiger partial charge < -0.3 is 20.1 Å². The number of hydrogen-bond acceptors (Lipinski definition) is 5. The van der Waals surface area contributed by atoms with Gasteiger partial charge in [-0.3, -0.25) is 4.79 Å². The van der Waals surface area contributed by atoms with Gasteiger partial charge in [0, 0.05) is 12.3 Å². The second-order valence-corrected chi connectivity index (χ2v) is 9.80. The Kier molecular flexibility index (Phi) is 4.64. The number of aliphatic hydroxyl groups is 3. The molecule has 2 bridgehead atoms. The highest BCUT2D eigenvalue weighted by molar-refractivity contribution is 5.84. The first-order valence-electron chi connectivity index (χ1n) is 9.72. The van der Waals surface area contributed by atoms with Gasteiger partial charge in [-0.15, -0.1) is 0 Å². The van der Waals surface area contributed by atoms with Crippen LogP contribution in [0, 0.1) is 23.7 Å². The summed E-state index contributed by atoms with van der Waals surface area (Å²) in [6.07, 6.45) is 1.43. The molecule has 3 rings (SSSR count). The molecule has 3 N–H and O–H groups in total. The van der Waals surface area contributed by atoms with Gasteiger partial charge in [0.1, 0.15) is 5.78 Å². The first-order chi connectivity index (χ1) is 11.4. The minimum Gasteiger partial charge on any atom is -0.389 e. The van der Waals surface area contributed by atoms with Crippen LogP contribution in [-0.4, -0.2) is 50.1 Å². The van der Waals surface area contributed by atoms with Crippen molar-refractivity contribution in [2.45, 2.75) is 95.7 Å². The third-order valence-corrected chi connectivity index (χ3v) is 7.15. The smallest absolute Gasteiger partial charge is 0.142 e. The number of carbonyl (C=O) groups excluding carboxylic acids is 1. The fourth-order valence-electron chi connectivity index (χ4n) is 5.70. The van der Waals surface area contributed by atoms with Crippen LogP contribution in [0.15, 0.2) is 0 Å². The molecule has 0 aromatic carbocycles. The lowest BCUT2D eigenvalue weighted by Gasteiger charge is -2.57. The van der Waals surface area contributed by atoms with Crippen molar-refractivity contribution in [3.8, 4) is 0 Å². The Labute approximate surface area is 150 Å². The molecular weight excluding hydrogens is 320 g/mol. The van der Waals surface area contributed by atoms with Gasteiger partial charge in [0.05, 0.1) is 34.9 Å². The monoisotopic (exact) mass is 354 g/mol. The summed E-state index contributed by atoms with van der Waals surface area (Å²) in [7, 11) is 0. The quantitative estimate of drug-likeness (QED) is 0.671. The van der Waals surface area contributed by atoms with Crippen LogP contribution in [0.25, 0.3) is 0 Å². The molecule has 0 spiro atoms. The molecule has 1 saturated carbocycles. The van der Waals surface area contributed by atoms with E-state index in [1.165, 1.54) is 0 Å². The van der Waals surface area contributed by atoms with E-state index in [2.05, 4.69) is 13.8 Å². The maximum atomic E-state index is 13.2. The number of rotatable bonds is 1. The van der Waals surface area contributed by atoms with Crippen LogP contribution >= 0.6 is 0 Å². The normalized spacial score (nSPS) is 54.0. The van der Waals surface area contributed by atoms with Gasteiger partial charge in [0.25, 0.3) is 0 Å². The summed E-state index contributed by atoms with van der Waals surface area (Å²) in [5, 5.41) is 33.0. The van der Waals surface area contributed by atoms with Crippen LogP contribution in [0.4, 0.5) is 0 Å². The van der Waals surface area contributed by atoms with Crippen LogP contribution in [0.3, 0.4) is 0 Å². The fraction of sp³-hybridized carbons (Fsp3) is 0.950. The predicted octanol–water partition coefficient (Wildman–Crippen LogP) is 2.06. The number of fused-ring (bicyclic) bond motifs is 4. The predicted molar refractivity (Wildman–Crippen MR) is 93.9 cm³/mol. The van der Waals surface area contributed by atoms with E-state index in [9.17, 15) is 20.1 Å². The molecule has 0 aromatic heterocycles. The minimum absolute atomic E-state index is 0.00530. The van der Waals surface area contributed by atoms with Crippen molar-refractivity contribution < 1.29 is 24.9 Å². The molecule has 3 aliphatic rings. The lowest BCUT2D eigenvalue weighted by atomic mass is 9.55. The molecule has 5 heteroatoms. The van der Waals surface area contributed by atoms with Crippen molar-refractivity contribution >= 4 is 5.78 Å². The van der Waals surface area contributed by atoms with Gasteiger partial charge in [-0.2, -0.15) is 0 Å². The summed E-state index contributed by atoms with van der Waals surface area (Å²) in [5.74, 6) is -0.411. The molecule has 0 unspecified atom stereocenters. The zero-order valence-electron chi connectivity index (χ0n) is 16.2. The highest BCUT2D eigenvalue weighted by atomic mass is 16.5. The third-order valence-electron chi connectivity index (χ3n) is 7.15. The van der Waals surface area contributed by atoms with E-state index in [1.807, 2.05) is 0 Å². The highest BCUT2D eigenvalue weighted by Gasteiger charge is 2.60. The van der Waals surface area contributed by atoms with Crippen LogP contribution in [0.5, 0.6) is 0 Å². The molecule has 2 aliphatic heterocycles. The van der Waals surface area contributed by atoms with Crippen LogP contribution in [-0.2, 0) is 9.53 Å². The van der Waals surface area contributed by atoms with E-state index in [-0.39, 0.29) is 24.0 Å². The maximum Gasteiger partial charge on any atom is 0.142 e. The molecule has 5 nitrogen and oxygen atoms in total. The highest BCUT2D eigenvalue weighted by Crippen LogP contribution is 2.53. The van der Waals surface area contributed by atoms with Crippen LogP contribution in [0.2, 0.25) is 0 Å². The van der Waals surface area contributed by atoms with E-state index in [4.69, 9.17) is 4.74 Å². The van der Waals surface area contributed by atoms with E-state index in [1.54, 1.807) is 20.8 Å². The van der Waals surface area contributed by atoms with Crippen molar-refractivity contribution in [3.63, 3.8) is 0 Å². The molecule has 8 atom stereocenters. The van der Waals surface area contributed by atoms with Crippen LogP contribution in [0.1, 0.15) is 66.7 Å². The average molecular weight is 354 g/mol. The molecule has 3 fully saturated rings. The van der Waals surface area contributed by atoms with Gasteiger partial charge >= 0.3 is 0 Å². The third kappa shape index (κ3) is 3.18. The molecule has 1 aliphatic carbocycles. The minimum atomic E-state index is -1.27. The van der Waals surface area contributed by atoms with E-state index in [0.717, 1.165) is 6.42 Å². The standard InChI is InChI=1S/C20H34O5/c1-11(2)12-6-8-18(3,22)16-13(21)10-20(5,24)14-7-9-19(4,23)17(25-14)15(12)16/h11-12,14-17,22-24H,6-10H2,1-5H3/t12-,14-,15-,16-,17-,18-,19-,20-/m1/s1. The summed E-state index contributed by atoms with van der Waals surface area (Å²) < 4.78 is 6.29. The van der Waals surface area contributed by atoms with Gasteiger partial charge in [0.2, 0.25) is 0 Å². The second-order valence-electron chi connectivity index (χ2n) is 9.80. The summed E-state index contributed by atoms with van der Waals surface area (Å²) in [5.41, 5.74) is -3.46. The van der Waals surface area contributed by atoms with Crippen molar-refractivity contribution in [2.24, 2.45) is 23.7 Å². The zero-order chi connectivity index (χ0) is 18.8. The van der Waals surface area contributed by atoms with E-state index < -0.39 is 34.9 Å². The molecular formula is C20H34O5. The van der Waals surface area contributed by atoms with E-state index in [0.29, 0.717) is 25.2 Å². The number of carbonyl (C=O) groups is 1. The Morgan fingerprint density at radius 3 is 2.20 bits per heavy atom. The Bertz CT molecular complexity index is 536. The maximum absolute atomic E-state index is 13.2. The fourth-order valence-corrected chi connectivity index (χ4v) is 5.70. The molecule has 0 radical (unpaired) electrons. The van der Waals surface area contributed by atoms with Crippen LogP contribution < -0.4 is 0 Å². The molecule has 144 valence electrons. The van der Waals surface area contributed by atoms with E-state index >= 15 is 0 Å². The average Bonchev–Trinajstić information content (AvgIpc) is 2.43. The Hall–Kier alpha value is -0.490. The summed E-state index contributed by atoms with van der Waals surface area (Å²) in [6, 6.07) is 0. The summed E-state index contributed by atoms with van der Waals surface area (Å²) >= 11 is 0. The second kappa shape index (κ2) is 6.01. The van der Waals surface area contributed by atoms with Gasteiger partial charge in [-0.1, -0.05) is 13.8 Å². The molecule has 25 heavy (non-hydrogen) atoms. The first kappa shape index (κ1) is 19.3. The Balaban J connectivity index is 2.12. The molecule has 0 aromatic rings. The molecule has 2 heterocycles. The first-order valence-corrected chi connectivity index (χ1v) is 9.72. The number of ether oxygens (including phenoxy) is 1. The molecule has 2 saturated heterocycles. The van der Waals surface area contributed by atoms with Crippen molar-refractivity contribution in [1.82, 2.24) is 0 Å². The largest absolute Gasteiger partial charge is 0.389 e. The van der Waals surface area contributed by atoms with Crippen molar-refractivity contribution in [2.75, 3.05) is 0 Å². The summed E-state index contributed by atoms with van der Waals surface area (Å²) in [4.78, 5) is 13.2. The van der Waals surface area contributed by atoms with Gasteiger partial charge in [-0.05, 0) is 58.3 Å². The topological polar surface area (TPSA) is 87.0 Å². The van der Waals surface area contributed by atoms with Gasteiger partial charge in [0.15, 0.2) is 0 Å². The number of hydrogen-bond donors (Lipinski definition) is 3. The molecule has 0 amide bonds. The number of ketones is 1. The van der Waals surface area contributed by atoms with Crippen molar-refractivity contribution in [1.29, 1.82) is 0 Å². The lowest BCUT2D eigenvalue weighted by molar-refractivity contribution is -0.262. The van der Waals surface area contributed by atoms with Gasteiger partial charge in [-0.25, -0.2) is 0 Å². The zero-order valence-corrected chi connectivity index (χ0v) is 16.2. The van der Waals surface area contributed by atoms with Crippen molar-refractivity contribution in [3.05, 3.63) is 0 Å².